The molecule has 6 nitrogen and oxygen atoms in total. The highest BCUT2D eigenvalue weighted by molar-refractivity contribution is 5.94. The van der Waals surface area contributed by atoms with Crippen molar-refractivity contribution in [2.45, 2.75) is 65.8 Å². The zero-order valence-electron chi connectivity index (χ0n) is 23.5. The predicted molar refractivity (Wildman–Crippen MR) is 158 cm³/mol. The van der Waals surface area contributed by atoms with Gasteiger partial charge in [0.15, 0.2) is 0 Å². The van der Waals surface area contributed by atoms with E-state index in [1.165, 1.54) is 18.4 Å². The molecule has 0 radical (unpaired) electrons. The van der Waals surface area contributed by atoms with Crippen LogP contribution in [0.4, 0.5) is 0 Å². The van der Waals surface area contributed by atoms with Gasteiger partial charge in [0.1, 0.15) is 11.6 Å². The van der Waals surface area contributed by atoms with Crippen molar-refractivity contribution < 1.29 is 9.53 Å². The van der Waals surface area contributed by atoms with Gasteiger partial charge in [-0.15, -0.1) is 0 Å². The smallest absolute Gasteiger partial charge is 0.266 e. The van der Waals surface area contributed by atoms with Crippen LogP contribution in [0.15, 0.2) is 77.6 Å². The van der Waals surface area contributed by atoms with Crippen molar-refractivity contribution in [2.75, 3.05) is 13.2 Å². The molecule has 0 aliphatic heterocycles. The first kappa shape index (κ1) is 28.1. The minimum absolute atomic E-state index is 0.0647. The van der Waals surface area contributed by atoms with Crippen LogP contribution < -0.4 is 10.3 Å². The number of carbonyl (C=O) groups is 1. The number of carbonyl (C=O) groups excluding carboxylic acids is 1. The van der Waals surface area contributed by atoms with Gasteiger partial charge in [0.2, 0.25) is 0 Å². The third kappa shape index (κ3) is 6.39. The molecule has 204 valence electrons. The summed E-state index contributed by atoms with van der Waals surface area (Å²) >= 11 is 0. The van der Waals surface area contributed by atoms with Crippen LogP contribution in [0, 0.1) is 0 Å². The number of amides is 1. The van der Waals surface area contributed by atoms with Crippen LogP contribution in [0.25, 0.3) is 16.6 Å². The summed E-state index contributed by atoms with van der Waals surface area (Å²) in [6.45, 7) is 9.25. The van der Waals surface area contributed by atoms with E-state index in [0.717, 1.165) is 25.0 Å². The molecule has 0 fully saturated rings. The summed E-state index contributed by atoms with van der Waals surface area (Å²) < 4.78 is 7.24. The number of benzene rings is 3. The first-order valence-electron chi connectivity index (χ1n) is 14.1. The number of nitrogens with zero attached hydrogens (tertiary/aromatic N) is 3. The molecule has 0 saturated heterocycles. The number of hydrogen-bond acceptors (Lipinski definition) is 4. The number of para-hydroxylation sites is 1. The predicted octanol–water partition coefficient (Wildman–Crippen LogP) is 7.13. The van der Waals surface area contributed by atoms with Gasteiger partial charge in [-0.1, -0.05) is 51.0 Å². The minimum Gasteiger partial charge on any atom is -0.494 e. The van der Waals surface area contributed by atoms with E-state index < -0.39 is 6.04 Å². The van der Waals surface area contributed by atoms with Crippen molar-refractivity contribution in [2.24, 2.45) is 0 Å². The van der Waals surface area contributed by atoms with Crippen LogP contribution >= 0.6 is 0 Å². The Morgan fingerprint density at radius 3 is 2.31 bits per heavy atom. The second kappa shape index (κ2) is 13.2. The molecule has 0 spiro atoms. The Balaban J connectivity index is 1.75. The molecule has 0 aliphatic carbocycles. The summed E-state index contributed by atoms with van der Waals surface area (Å²) in [7, 11) is 0. The molecule has 0 saturated carbocycles. The first-order valence-corrected chi connectivity index (χ1v) is 14.1. The highest BCUT2D eigenvalue weighted by Gasteiger charge is 2.27. The maximum absolute atomic E-state index is 13.8. The van der Waals surface area contributed by atoms with Gasteiger partial charge in [-0.05, 0) is 87.2 Å². The molecule has 0 aliphatic rings. The lowest BCUT2D eigenvalue weighted by molar-refractivity contribution is 0.0681. The van der Waals surface area contributed by atoms with Gasteiger partial charge >= 0.3 is 0 Å². The van der Waals surface area contributed by atoms with Crippen molar-refractivity contribution >= 4 is 16.8 Å². The summed E-state index contributed by atoms with van der Waals surface area (Å²) in [6.07, 6.45) is 5.35. The van der Waals surface area contributed by atoms with Crippen molar-refractivity contribution in [3.05, 3.63) is 100 Å². The Morgan fingerprint density at radius 1 is 0.923 bits per heavy atom. The number of aromatic nitrogens is 2. The zero-order valence-corrected chi connectivity index (χ0v) is 23.5. The number of fused-ring (bicyclic) bond motifs is 1. The maximum Gasteiger partial charge on any atom is 0.266 e. The maximum atomic E-state index is 13.8. The molecule has 0 N–H and O–H groups in total. The van der Waals surface area contributed by atoms with Crippen molar-refractivity contribution in [3.63, 3.8) is 0 Å². The molecule has 1 atom stereocenters. The Hall–Kier alpha value is -3.93. The first-order chi connectivity index (χ1) is 19.0. The van der Waals surface area contributed by atoms with E-state index in [2.05, 4.69) is 26.0 Å². The lowest BCUT2D eigenvalue weighted by Gasteiger charge is -2.30. The number of hydrogen-bond donors (Lipinski definition) is 0. The normalized spacial score (nSPS) is 11.9. The molecular formula is C33H39N3O3. The number of unbranched alkanes of at least 4 members (excludes halogenated alkanes) is 2. The topological polar surface area (TPSA) is 64.4 Å². The second-order valence-electron chi connectivity index (χ2n) is 9.88. The highest BCUT2D eigenvalue weighted by atomic mass is 16.5. The van der Waals surface area contributed by atoms with Gasteiger partial charge < -0.3 is 9.64 Å². The van der Waals surface area contributed by atoms with E-state index in [0.29, 0.717) is 41.1 Å². The lowest BCUT2D eigenvalue weighted by atomic mass is 10.0. The van der Waals surface area contributed by atoms with Crippen LogP contribution in [-0.4, -0.2) is 33.5 Å². The van der Waals surface area contributed by atoms with E-state index in [9.17, 15) is 9.59 Å². The van der Waals surface area contributed by atoms with Crippen LogP contribution in [0.3, 0.4) is 0 Å². The molecule has 4 rings (SSSR count). The fraction of sp³-hybridized carbons (Fsp3) is 0.364. The van der Waals surface area contributed by atoms with Gasteiger partial charge in [0, 0.05) is 12.1 Å². The van der Waals surface area contributed by atoms with Crippen LogP contribution in [0.2, 0.25) is 0 Å². The molecule has 3 aromatic carbocycles. The van der Waals surface area contributed by atoms with Gasteiger partial charge in [0.05, 0.1) is 29.2 Å². The SMILES string of the molecule is CCCCCc1ccc(C(=O)N(CCC)C(C)c2nc3ccccc3c(=O)n2-c2ccc(OCC)cc2)cc1. The number of aryl methyl sites for hydroxylation is 1. The molecule has 4 aromatic rings. The Bertz CT molecular complexity index is 1440. The largest absolute Gasteiger partial charge is 0.494 e. The van der Waals surface area contributed by atoms with E-state index >= 15 is 0 Å². The van der Waals surface area contributed by atoms with Gasteiger partial charge in [0.25, 0.3) is 11.5 Å². The summed E-state index contributed by atoms with van der Waals surface area (Å²) in [5.74, 6) is 1.20. The molecule has 1 heterocycles. The summed E-state index contributed by atoms with van der Waals surface area (Å²) in [6, 6.07) is 22.3. The minimum atomic E-state index is -0.439. The molecule has 1 unspecified atom stereocenters. The van der Waals surface area contributed by atoms with Crippen molar-refractivity contribution in [3.8, 4) is 11.4 Å². The van der Waals surface area contributed by atoms with Crippen molar-refractivity contribution in [1.29, 1.82) is 0 Å². The fourth-order valence-corrected chi connectivity index (χ4v) is 4.95. The van der Waals surface area contributed by atoms with Crippen molar-refractivity contribution in [1.82, 2.24) is 14.5 Å². The van der Waals surface area contributed by atoms with E-state index in [4.69, 9.17) is 9.72 Å². The zero-order chi connectivity index (χ0) is 27.8. The lowest BCUT2D eigenvalue weighted by Crippen LogP contribution is -2.38. The van der Waals surface area contributed by atoms with E-state index in [1.807, 2.05) is 73.3 Å². The fourth-order valence-electron chi connectivity index (χ4n) is 4.95. The standard InChI is InChI=1S/C33H39N3O3/c1-5-8-9-12-25-15-17-26(18-16-25)32(37)35(23-6-2)24(4)31-34-30-14-11-10-13-29(30)33(38)36(31)27-19-21-28(22-20-27)39-7-3/h10-11,13-22,24H,5-9,12,23H2,1-4H3. The second-order valence-corrected chi connectivity index (χ2v) is 9.88. The molecule has 1 aromatic heterocycles. The van der Waals surface area contributed by atoms with Crippen LogP contribution in [0.1, 0.15) is 81.2 Å². The van der Waals surface area contributed by atoms with Gasteiger partial charge in [-0.25, -0.2) is 4.98 Å². The van der Waals surface area contributed by atoms with Crippen LogP contribution in [0.5, 0.6) is 5.75 Å². The Morgan fingerprint density at radius 2 is 1.64 bits per heavy atom. The molecular weight excluding hydrogens is 486 g/mol. The monoisotopic (exact) mass is 525 g/mol. The summed E-state index contributed by atoms with van der Waals surface area (Å²) in [4.78, 5) is 34.4. The number of ether oxygens (including phenoxy) is 1. The number of rotatable bonds is 12. The average molecular weight is 526 g/mol. The highest BCUT2D eigenvalue weighted by Crippen LogP contribution is 2.26. The molecule has 39 heavy (non-hydrogen) atoms. The summed E-state index contributed by atoms with van der Waals surface area (Å²) in [5.41, 5.74) is 3.03. The third-order valence-corrected chi connectivity index (χ3v) is 7.04. The van der Waals surface area contributed by atoms with E-state index in [1.54, 1.807) is 10.6 Å². The molecule has 0 bridgehead atoms. The Labute approximate surface area is 231 Å². The van der Waals surface area contributed by atoms with Crippen LogP contribution in [-0.2, 0) is 6.42 Å². The summed E-state index contributed by atoms with van der Waals surface area (Å²) in [5, 5.41) is 0.536. The molecule has 1 amide bonds. The van der Waals surface area contributed by atoms with Gasteiger partial charge in [-0.3, -0.25) is 14.2 Å². The van der Waals surface area contributed by atoms with Gasteiger partial charge in [-0.2, -0.15) is 0 Å². The average Bonchev–Trinajstić information content (AvgIpc) is 2.96. The quantitative estimate of drug-likeness (QED) is 0.185. The third-order valence-electron chi connectivity index (χ3n) is 7.04. The van der Waals surface area contributed by atoms with E-state index in [-0.39, 0.29) is 11.5 Å². The Kier molecular flexibility index (Phi) is 9.53. The molecule has 6 heteroatoms.